The lowest BCUT2D eigenvalue weighted by Crippen LogP contribution is -2.46. The summed E-state index contributed by atoms with van der Waals surface area (Å²) in [5, 5.41) is 7.81. The van der Waals surface area contributed by atoms with E-state index in [0.29, 0.717) is 24.9 Å². The Morgan fingerprint density at radius 1 is 1.18 bits per heavy atom. The van der Waals surface area contributed by atoms with Crippen LogP contribution >= 0.6 is 0 Å². The van der Waals surface area contributed by atoms with Gasteiger partial charge in [0.1, 0.15) is 0 Å². The highest BCUT2D eigenvalue weighted by Crippen LogP contribution is 2.18. The Hall–Kier alpha value is -2.48. The molecule has 1 aliphatic heterocycles. The van der Waals surface area contributed by atoms with E-state index >= 15 is 0 Å². The van der Waals surface area contributed by atoms with Crippen molar-refractivity contribution in [2.75, 3.05) is 25.0 Å². The van der Waals surface area contributed by atoms with Gasteiger partial charge in [0.15, 0.2) is 5.82 Å². The van der Waals surface area contributed by atoms with Crippen molar-refractivity contribution in [2.24, 2.45) is 7.05 Å². The maximum absolute atomic E-state index is 12.3. The summed E-state index contributed by atoms with van der Waals surface area (Å²) in [6.45, 7) is 3.08. The lowest BCUT2D eigenvalue weighted by molar-refractivity contribution is 0.147. The Balaban J connectivity index is 1.39. The number of nitrogens with zero attached hydrogens (tertiary/aromatic N) is 5. The monoisotopic (exact) mass is 384 g/mol. The third kappa shape index (κ3) is 4.01. The summed E-state index contributed by atoms with van der Waals surface area (Å²) < 4.78 is 3.15. The molecular formula is C20H28N6O2. The Bertz CT molecular complexity index is 950. The molecule has 2 aliphatic rings. The molecule has 1 N–H and O–H groups in total. The van der Waals surface area contributed by atoms with Gasteiger partial charge in [0.05, 0.1) is 12.2 Å². The van der Waals surface area contributed by atoms with Gasteiger partial charge in [0.25, 0.3) is 11.1 Å². The number of aromatic nitrogens is 4. The highest BCUT2D eigenvalue weighted by molar-refractivity contribution is 5.30. The summed E-state index contributed by atoms with van der Waals surface area (Å²) in [7, 11) is 1.73. The Morgan fingerprint density at radius 3 is 2.96 bits per heavy atom. The largest absolute Gasteiger partial charge is 0.364 e. The second kappa shape index (κ2) is 8.26. The normalized spacial score (nSPS) is 19.5. The molecule has 1 atom stereocenters. The molecule has 8 nitrogen and oxygen atoms in total. The molecule has 150 valence electrons. The minimum atomic E-state index is -0.112. The fraction of sp³-hybridized carbons (Fsp3) is 0.600. The predicted molar refractivity (Wildman–Crippen MR) is 108 cm³/mol. The van der Waals surface area contributed by atoms with E-state index in [2.05, 4.69) is 20.3 Å². The molecule has 0 bridgehead atoms. The summed E-state index contributed by atoms with van der Waals surface area (Å²) in [6, 6.07) is 2.09. The minimum Gasteiger partial charge on any atom is -0.364 e. The Morgan fingerprint density at radius 2 is 2.07 bits per heavy atom. The third-order valence-corrected chi connectivity index (χ3v) is 5.89. The predicted octanol–water partition coefficient (Wildman–Crippen LogP) is 0.792. The number of rotatable bonds is 6. The molecule has 1 unspecified atom stereocenters. The van der Waals surface area contributed by atoms with Crippen molar-refractivity contribution in [1.29, 1.82) is 0 Å². The van der Waals surface area contributed by atoms with Gasteiger partial charge >= 0.3 is 0 Å². The number of aryl methyl sites for hydroxylation is 3. The molecule has 4 rings (SSSR count). The molecule has 28 heavy (non-hydrogen) atoms. The first-order valence-corrected chi connectivity index (χ1v) is 10.2. The smallest absolute Gasteiger partial charge is 0.293 e. The molecule has 1 aliphatic carbocycles. The Kier molecular flexibility index (Phi) is 5.57. The Labute approximate surface area is 164 Å². The summed E-state index contributed by atoms with van der Waals surface area (Å²) in [4.78, 5) is 31.1. The number of anilines is 1. The van der Waals surface area contributed by atoms with Gasteiger partial charge in [-0.2, -0.15) is 5.10 Å². The molecule has 0 aromatic carbocycles. The van der Waals surface area contributed by atoms with Crippen LogP contribution in [0.2, 0.25) is 0 Å². The van der Waals surface area contributed by atoms with E-state index in [9.17, 15) is 9.59 Å². The van der Waals surface area contributed by atoms with Crippen LogP contribution in [0.4, 0.5) is 5.82 Å². The molecule has 0 amide bonds. The summed E-state index contributed by atoms with van der Waals surface area (Å²) >= 11 is 0. The lowest BCUT2D eigenvalue weighted by atomic mass is 10.0. The zero-order valence-corrected chi connectivity index (χ0v) is 16.4. The van der Waals surface area contributed by atoms with Crippen LogP contribution in [-0.4, -0.2) is 49.9 Å². The number of fused-ring (bicyclic) bond motifs is 1. The average Bonchev–Trinajstić information content (AvgIpc) is 3.15. The topological polar surface area (TPSA) is 85.1 Å². The summed E-state index contributed by atoms with van der Waals surface area (Å²) in [5.74, 6) is 0.395. The van der Waals surface area contributed by atoms with Gasteiger partial charge in [-0.15, -0.1) is 0 Å². The molecule has 1 fully saturated rings. The van der Waals surface area contributed by atoms with E-state index in [1.165, 1.54) is 11.0 Å². The first-order chi connectivity index (χ1) is 13.6. The van der Waals surface area contributed by atoms with E-state index < -0.39 is 0 Å². The van der Waals surface area contributed by atoms with Crippen LogP contribution < -0.4 is 16.4 Å². The van der Waals surface area contributed by atoms with Crippen molar-refractivity contribution < 1.29 is 0 Å². The van der Waals surface area contributed by atoms with Gasteiger partial charge < -0.3 is 9.88 Å². The number of piperidine rings is 1. The van der Waals surface area contributed by atoms with Crippen molar-refractivity contribution in [3.8, 4) is 0 Å². The minimum absolute atomic E-state index is 0.00400. The van der Waals surface area contributed by atoms with Gasteiger partial charge in [0, 0.05) is 44.6 Å². The maximum Gasteiger partial charge on any atom is 0.293 e. The molecule has 2 aromatic rings. The molecule has 8 heteroatoms. The quantitative estimate of drug-likeness (QED) is 0.793. The summed E-state index contributed by atoms with van der Waals surface area (Å²) in [5.41, 5.74) is 2.10. The van der Waals surface area contributed by atoms with Gasteiger partial charge in [-0.3, -0.25) is 14.5 Å². The zero-order valence-electron chi connectivity index (χ0n) is 16.4. The number of likely N-dealkylation sites (tertiary alicyclic amines) is 1. The third-order valence-electron chi connectivity index (χ3n) is 5.89. The van der Waals surface area contributed by atoms with Crippen LogP contribution in [-0.2, 0) is 26.4 Å². The van der Waals surface area contributed by atoms with Crippen LogP contribution in [0.15, 0.2) is 28.0 Å². The van der Waals surface area contributed by atoms with Crippen molar-refractivity contribution in [1.82, 2.24) is 24.2 Å². The number of nitrogens with one attached hydrogen (secondary N) is 1. The standard InChI is InChI=1S/C20H28N6O2/c1-24-10-8-21-19(20(24)28)22-14-16-6-2-3-9-25(16)11-12-26-18(27)13-15-5-4-7-17(15)23-26/h8,10,13,16H,2-7,9,11-12,14H2,1H3,(H,21,22). The van der Waals surface area contributed by atoms with E-state index in [0.717, 1.165) is 56.5 Å². The zero-order chi connectivity index (χ0) is 19.5. The first-order valence-electron chi connectivity index (χ1n) is 10.2. The van der Waals surface area contributed by atoms with E-state index in [1.807, 2.05) is 0 Å². The van der Waals surface area contributed by atoms with Crippen LogP contribution in [0.25, 0.3) is 0 Å². The summed E-state index contributed by atoms with van der Waals surface area (Å²) in [6.07, 6.45) is 9.76. The molecular weight excluding hydrogens is 356 g/mol. The first kappa shape index (κ1) is 18.9. The van der Waals surface area contributed by atoms with E-state index in [-0.39, 0.29) is 11.1 Å². The maximum atomic E-state index is 12.3. The average molecular weight is 384 g/mol. The van der Waals surface area contributed by atoms with Crippen LogP contribution in [0.3, 0.4) is 0 Å². The SMILES string of the molecule is Cn1ccnc(NCC2CCCCN2CCn2nc3c(cc2=O)CCC3)c1=O. The van der Waals surface area contributed by atoms with Gasteiger partial charge in [-0.25, -0.2) is 9.67 Å². The molecule has 2 aromatic heterocycles. The van der Waals surface area contributed by atoms with Gasteiger partial charge in [0.2, 0.25) is 0 Å². The fourth-order valence-electron chi connectivity index (χ4n) is 4.24. The molecule has 3 heterocycles. The molecule has 0 spiro atoms. The van der Waals surface area contributed by atoms with Crippen molar-refractivity contribution >= 4 is 5.82 Å². The van der Waals surface area contributed by atoms with Crippen molar-refractivity contribution in [3.63, 3.8) is 0 Å². The lowest BCUT2D eigenvalue weighted by Gasteiger charge is -2.35. The molecule has 0 radical (unpaired) electrons. The highest BCUT2D eigenvalue weighted by atomic mass is 16.1. The van der Waals surface area contributed by atoms with E-state index in [1.54, 1.807) is 30.2 Å². The highest BCUT2D eigenvalue weighted by Gasteiger charge is 2.23. The van der Waals surface area contributed by atoms with Gasteiger partial charge in [-0.1, -0.05) is 6.42 Å². The second-order valence-electron chi connectivity index (χ2n) is 7.79. The fourth-order valence-corrected chi connectivity index (χ4v) is 4.24. The van der Waals surface area contributed by atoms with Crippen molar-refractivity contribution in [3.05, 3.63) is 50.4 Å². The van der Waals surface area contributed by atoms with Crippen LogP contribution in [0, 0.1) is 0 Å². The molecule has 1 saturated heterocycles. The van der Waals surface area contributed by atoms with Crippen LogP contribution in [0.5, 0.6) is 0 Å². The van der Waals surface area contributed by atoms with Gasteiger partial charge in [-0.05, 0) is 44.2 Å². The van der Waals surface area contributed by atoms with Crippen LogP contribution in [0.1, 0.15) is 36.9 Å². The second-order valence-corrected chi connectivity index (χ2v) is 7.79. The van der Waals surface area contributed by atoms with Crippen molar-refractivity contribution in [2.45, 2.75) is 51.1 Å². The number of hydrogen-bond donors (Lipinski definition) is 1. The van der Waals surface area contributed by atoms with E-state index in [4.69, 9.17) is 0 Å². The number of hydrogen-bond acceptors (Lipinski definition) is 6. The molecule has 0 saturated carbocycles.